The molecule has 146 valence electrons. The van der Waals surface area contributed by atoms with Gasteiger partial charge in [0.1, 0.15) is 10.5 Å². The highest BCUT2D eigenvalue weighted by Gasteiger charge is 2.34. The number of carbonyl (C=O) groups excluding carboxylic acids is 2. The third-order valence-electron chi connectivity index (χ3n) is 4.19. The Labute approximate surface area is 153 Å². The summed E-state index contributed by atoms with van der Waals surface area (Å²) >= 11 is 0. The van der Waals surface area contributed by atoms with E-state index in [0.717, 1.165) is 4.31 Å². The molecule has 1 aromatic rings. The molecule has 0 spiro atoms. The molecule has 0 bridgehead atoms. The van der Waals surface area contributed by atoms with E-state index in [1.807, 2.05) is 0 Å². The van der Waals surface area contributed by atoms with Crippen molar-refractivity contribution in [3.63, 3.8) is 0 Å². The largest absolute Gasteiger partial charge is 0.462 e. The van der Waals surface area contributed by atoms with Crippen LogP contribution in [-0.2, 0) is 24.3 Å². The van der Waals surface area contributed by atoms with Crippen LogP contribution in [0, 0.1) is 13.8 Å². The number of carbonyl (C=O) groups is 2. The smallest absolute Gasteiger partial charge is 0.341 e. The number of likely N-dealkylation sites (N-methyl/N-ethyl adjacent to an activating group) is 1. The molecule has 1 aromatic heterocycles. The number of hydrogen-bond donors (Lipinski definition) is 1. The van der Waals surface area contributed by atoms with Crippen molar-refractivity contribution in [1.82, 2.24) is 14.2 Å². The van der Waals surface area contributed by atoms with Gasteiger partial charge in [-0.3, -0.25) is 4.79 Å². The van der Waals surface area contributed by atoms with Crippen LogP contribution in [0.3, 0.4) is 0 Å². The Morgan fingerprint density at radius 2 is 1.85 bits per heavy atom. The number of aryl methyl sites for hydroxylation is 2. The maximum Gasteiger partial charge on any atom is 0.341 e. The minimum absolute atomic E-state index is 0.0185. The van der Waals surface area contributed by atoms with Crippen molar-refractivity contribution in [3.8, 4) is 0 Å². The summed E-state index contributed by atoms with van der Waals surface area (Å²) in [5, 5.41) is 0. The molecule has 1 aliphatic heterocycles. The molecule has 1 amide bonds. The van der Waals surface area contributed by atoms with E-state index < -0.39 is 16.0 Å². The highest BCUT2D eigenvalue weighted by Crippen LogP contribution is 2.27. The van der Waals surface area contributed by atoms with Gasteiger partial charge in [0, 0.05) is 31.5 Å². The molecule has 0 unspecified atom stereocenters. The first kappa shape index (κ1) is 20.4. The second kappa shape index (κ2) is 8.19. The van der Waals surface area contributed by atoms with Crippen LogP contribution < -0.4 is 0 Å². The minimum Gasteiger partial charge on any atom is -0.462 e. The number of aromatic nitrogens is 1. The number of aromatic amines is 1. The van der Waals surface area contributed by atoms with E-state index in [1.165, 1.54) is 7.05 Å². The van der Waals surface area contributed by atoms with Gasteiger partial charge in [0.05, 0.1) is 26.4 Å². The summed E-state index contributed by atoms with van der Waals surface area (Å²) in [6, 6.07) is 0. The molecular weight excluding hydrogens is 362 g/mol. The van der Waals surface area contributed by atoms with Crippen molar-refractivity contribution < 1.29 is 27.5 Å². The highest BCUT2D eigenvalue weighted by molar-refractivity contribution is 7.89. The van der Waals surface area contributed by atoms with Gasteiger partial charge >= 0.3 is 5.97 Å². The van der Waals surface area contributed by atoms with Crippen LogP contribution in [0.5, 0.6) is 0 Å². The normalized spacial score (nSPS) is 15.3. The molecule has 0 radical (unpaired) electrons. The molecule has 1 fully saturated rings. The van der Waals surface area contributed by atoms with Crippen molar-refractivity contribution in [2.45, 2.75) is 25.7 Å². The van der Waals surface area contributed by atoms with Gasteiger partial charge in [0.15, 0.2) is 0 Å². The number of sulfonamides is 1. The van der Waals surface area contributed by atoms with E-state index in [1.54, 1.807) is 25.7 Å². The lowest BCUT2D eigenvalue weighted by Crippen LogP contribution is -2.46. The zero-order valence-electron chi connectivity index (χ0n) is 15.5. The maximum atomic E-state index is 13.0. The lowest BCUT2D eigenvalue weighted by Gasteiger charge is -2.28. The van der Waals surface area contributed by atoms with Crippen LogP contribution in [-0.4, -0.2) is 81.0 Å². The van der Waals surface area contributed by atoms with Gasteiger partial charge in [0.25, 0.3) is 0 Å². The Kier molecular flexibility index (Phi) is 6.43. The average molecular weight is 387 g/mol. The molecule has 2 heterocycles. The summed E-state index contributed by atoms with van der Waals surface area (Å²) in [4.78, 5) is 28.9. The first-order chi connectivity index (χ1) is 12.2. The average Bonchev–Trinajstić information content (AvgIpc) is 2.90. The van der Waals surface area contributed by atoms with Crippen LogP contribution in [0.25, 0.3) is 0 Å². The van der Waals surface area contributed by atoms with Gasteiger partial charge in [-0.15, -0.1) is 0 Å². The van der Waals surface area contributed by atoms with Gasteiger partial charge in [-0.1, -0.05) is 0 Å². The van der Waals surface area contributed by atoms with Crippen LogP contribution in [0.15, 0.2) is 4.90 Å². The molecule has 2 rings (SSSR count). The molecule has 0 saturated carbocycles. The Morgan fingerprint density at radius 3 is 2.42 bits per heavy atom. The van der Waals surface area contributed by atoms with Crippen molar-refractivity contribution >= 4 is 21.9 Å². The molecule has 0 aliphatic carbocycles. The predicted molar refractivity (Wildman–Crippen MR) is 93.4 cm³/mol. The van der Waals surface area contributed by atoms with Crippen molar-refractivity contribution in [2.75, 3.05) is 46.5 Å². The lowest BCUT2D eigenvalue weighted by atomic mass is 10.2. The summed E-state index contributed by atoms with van der Waals surface area (Å²) in [7, 11) is -2.73. The molecular formula is C16H25N3O6S. The fraction of sp³-hybridized carbons (Fsp3) is 0.625. The molecule has 10 heteroatoms. The van der Waals surface area contributed by atoms with Gasteiger partial charge in [-0.05, 0) is 20.8 Å². The zero-order valence-corrected chi connectivity index (χ0v) is 16.3. The van der Waals surface area contributed by atoms with Crippen LogP contribution >= 0.6 is 0 Å². The standard InChI is InChI=1S/C16H25N3O6S/c1-5-25-16(21)14-11(2)17-12(3)15(14)26(22,23)18(4)10-13(20)19-6-8-24-9-7-19/h17H,5-10H2,1-4H3. The monoisotopic (exact) mass is 387 g/mol. The number of rotatable bonds is 6. The number of nitrogens with one attached hydrogen (secondary N) is 1. The van der Waals surface area contributed by atoms with E-state index in [-0.39, 0.29) is 29.5 Å². The fourth-order valence-electron chi connectivity index (χ4n) is 2.87. The number of morpholine rings is 1. The summed E-state index contributed by atoms with van der Waals surface area (Å²) in [5.41, 5.74) is 0.721. The number of H-pyrrole nitrogens is 1. The molecule has 9 nitrogen and oxygen atoms in total. The quantitative estimate of drug-likeness (QED) is 0.703. The van der Waals surface area contributed by atoms with Crippen LogP contribution in [0.2, 0.25) is 0 Å². The Morgan fingerprint density at radius 1 is 1.23 bits per heavy atom. The van der Waals surface area contributed by atoms with E-state index in [0.29, 0.717) is 37.7 Å². The third kappa shape index (κ3) is 4.08. The van der Waals surface area contributed by atoms with Crippen molar-refractivity contribution in [1.29, 1.82) is 0 Å². The number of nitrogens with zero attached hydrogens (tertiary/aromatic N) is 2. The van der Waals surface area contributed by atoms with Crippen LogP contribution in [0.4, 0.5) is 0 Å². The summed E-state index contributed by atoms with van der Waals surface area (Å²) < 4.78 is 37.2. The van der Waals surface area contributed by atoms with E-state index in [4.69, 9.17) is 9.47 Å². The Hall–Kier alpha value is -1.91. The van der Waals surface area contributed by atoms with Crippen LogP contribution in [0.1, 0.15) is 28.7 Å². The zero-order chi connectivity index (χ0) is 19.5. The second-order valence-corrected chi connectivity index (χ2v) is 8.04. The highest BCUT2D eigenvalue weighted by atomic mass is 32.2. The molecule has 1 aliphatic rings. The lowest BCUT2D eigenvalue weighted by molar-refractivity contribution is -0.135. The first-order valence-corrected chi connectivity index (χ1v) is 9.82. The number of esters is 1. The molecule has 1 N–H and O–H groups in total. The summed E-state index contributed by atoms with van der Waals surface area (Å²) in [6.07, 6.45) is 0. The topological polar surface area (TPSA) is 109 Å². The van der Waals surface area contributed by atoms with E-state index in [2.05, 4.69) is 4.98 Å². The second-order valence-electron chi connectivity index (χ2n) is 6.05. The molecule has 1 saturated heterocycles. The molecule has 0 atom stereocenters. The van der Waals surface area contributed by atoms with Gasteiger partial charge in [-0.25, -0.2) is 13.2 Å². The molecule has 0 aromatic carbocycles. The van der Waals surface area contributed by atoms with Gasteiger partial charge in [0.2, 0.25) is 15.9 Å². The third-order valence-corrected chi connectivity index (χ3v) is 6.16. The number of amides is 1. The fourth-order valence-corrected chi connectivity index (χ4v) is 4.40. The SMILES string of the molecule is CCOC(=O)c1c(C)[nH]c(C)c1S(=O)(=O)N(C)CC(=O)N1CCOCC1. The summed E-state index contributed by atoms with van der Waals surface area (Å²) in [6.45, 7) is 6.38. The van der Waals surface area contributed by atoms with E-state index >= 15 is 0 Å². The molecule has 26 heavy (non-hydrogen) atoms. The maximum absolute atomic E-state index is 13.0. The number of hydrogen-bond acceptors (Lipinski definition) is 6. The number of ether oxygens (including phenoxy) is 2. The first-order valence-electron chi connectivity index (χ1n) is 8.38. The Bertz CT molecular complexity index is 780. The van der Waals surface area contributed by atoms with E-state index in [9.17, 15) is 18.0 Å². The minimum atomic E-state index is -4.05. The summed E-state index contributed by atoms with van der Waals surface area (Å²) in [5.74, 6) is -1.01. The van der Waals surface area contributed by atoms with Gasteiger partial charge < -0.3 is 19.4 Å². The van der Waals surface area contributed by atoms with Gasteiger partial charge in [-0.2, -0.15) is 4.31 Å². The Balaban J connectivity index is 2.28. The van der Waals surface area contributed by atoms with Crippen molar-refractivity contribution in [3.05, 3.63) is 17.0 Å². The predicted octanol–water partition coefficient (Wildman–Crippen LogP) is 0.288. The van der Waals surface area contributed by atoms with Crippen molar-refractivity contribution in [2.24, 2.45) is 0 Å².